The quantitative estimate of drug-likeness (QED) is 0.683. The first-order valence-corrected chi connectivity index (χ1v) is 11.4. The van der Waals surface area contributed by atoms with Gasteiger partial charge in [0.15, 0.2) is 0 Å². The number of nitrogens with zero attached hydrogens (tertiary/aromatic N) is 2. The first kappa shape index (κ1) is 21.6. The minimum Gasteiger partial charge on any atom is -0.358 e. The molecule has 6 heteroatoms. The number of nitrogens with one attached hydrogen (secondary N) is 1. The maximum atomic E-state index is 13.5. The third-order valence-corrected chi connectivity index (χ3v) is 6.59. The maximum absolute atomic E-state index is 13.5. The van der Waals surface area contributed by atoms with Crippen LogP contribution in [0.15, 0.2) is 0 Å². The monoisotopic (exact) mass is 393 g/mol. The Hall–Kier alpha value is -1.14. The topological polar surface area (TPSA) is 80.3 Å². The second-order valence-corrected chi connectivity index (χ2v) is 10.4. The van der Waals surface area contributed by atoms with Crippen molar-refractivity contribution in [1.82, 2.24) is 15.1 Å². The van der Waals surface area contributed by atoms with Gasteiger partial charge < -0.3 is 20.9 Å². The largest absolute Gasteiger partial charge is 0.358 e. The van der Waals surface area contributed by atoms with Crippen molar-refractivity contribution in [2.24, 2.45) is 17.3 Å². The Morgan fingerprint density at radius 3 is 2.39 bits per heavy atom. The van der Waals surface area contributed by atoms with E-state index in [1.165, 1.54) is 12.8 Å². The highest BCUT2D eigenvalue weighted by atomic mass is 16.2. The highest BCUT2D eigenvalue weighted by molar-refractivity contribution is 5.90. The summed E-state index contributed by atoms with van der Waals surface area (Å²) in [6.07, 6.45) is 7.41. The molecule has 6 nitrogen and oxygen atoms in total. The molecule has 0 bridgehead atoms. The Kier molecular flexibility index (Phi) is 7.02. The normalized spacial score (nSPS) is 25.9. The lowest BCUT2D eigenvalue weighted by molar-refractivity contribution is -0.370. The first-order chi connectivity index (χ1) is 13.3. The molecule has 2 saturated heterocycles. The van der Waals surface area contributed by atoms with E-state index in [4.69, 9.17) is 0 Å². The molecular formula is C22H41N4O2+. The van der Waals surface area contributed by atoms with E-state index in [2.05, 4.69) is 31.8 Å². The molecule has 2 heterocycles. The van der Waals surface area contributed by atoms with Crippen LogP contribution in [0.2, 0.25) is 0 Å². The molecule has 0 aromatic rings. The van der Waals surface area contributed by atoms with Gasteiger partial charge >= 0.3 is 0 Å². The minimum atomic E-state index is -0.256. The molecule has 0 spiro atoms. The Balaban J connectivity index is 1.67. The van der Waals surface area contributed by atoms with Gasteiger partial charge in [-0.05, 0) is 49.4 Å². The van der Waals surface area contributed by atoms with Crippen LogP contribution in [0.25, 0.3) is 0 Å². The number of piperazine rings is 1. The first-order valence-electron chi connectivity index (χ1n) is 11.4. The van der Waals surface area contributed by atoms with E-state index >= 15 is 0 Å². The summed E-state index contributed by atoms with van der Waals surface area (Å²) in [6.45, 7) is 10.6. The van der Waals surface area contributed by atoms with Gasteiger partial charge in [-0.15, -0.1) is 0 Å². The molecule has 160 valence electrons. The smallest absolute Gasteiger partial charge is 0.245 e. The summed E-state index contributed by atoms with van der Waals surface area (Å²) >= 11 is 0. The number of rotatable bonds is 7. The van der Waals surface area contributed by atoms with Crippen molar-refractivity contribution < 1.29 is 15.3 Å². The molecular weight excluding hydrogens is 352 g/mol. The molecule has 1 aliphatic carbocycles. The van der Waals surface area contributed by atoms with Gasteiger partial charge in [0.05, 0.1) is 12.6 Å². The molecule has 2 atom stereocenters. The van der Waals surface area contributed by atoms with E-state index in [1.54, 1.807) is 0 Å². The van der Waals surface area contributed by atoms with Gasteiger partial charge in [0.25, 0.3) is 0 Å². The summed E-state index contributed by atoms with van der Waals surface area (Å²) in [5.74, 6) is 1.67. The van der Waals surface area contributed by atoms with Crippen molar-refractivity contribution >= 4 is 11.8 Å². The zero-order chi connectivity index (χ0) is 20.3. The Morgan fingerprint density at radius 1 is 1.14 bits per heavy atom. The van der Waals surface area contributed by atoms with Crippen molar-refractivity contribution in [3.05, 3.63) is 0 Å². The highest BCUT2D eigenvalue weighted by Gasteiger charge is 2.42. The predicted molar refractivity (Wildman–Crippen MR) is 110 cm³/mol. The van der Waals surface area contributed by atoms with E-state index < -0.39 is 0 Å². The number of hydrogen-bond donors (Lipinski definition) is 2. The average Bonchev–Trinajstić information content (AvgIpc) is 3.45. The molecule has 3 rings (SSSR count). The zero-order valence-electron chi connectivity index (χ0n) is 18.2. The standard InChI is InChI=1S/C22H40N4O2/c1-22(2,3)15-18-20(27)26(13-10-24-18)19(14-17-4-5-17)21(28)25-11-7-16(6-9-23)8-12-25/h16-19,24H,4-15,23H2,1-3H3/p+1/t18-,19-/m0/s1. The van der Waals surface area contributed by atoms with E-state index in [1.807, 2.05) is 9.80 Å². The molecule has 28 heavy (non-hydrogen) atoms. The fourth-order valence-electron chi connectivity index (χ4n) is 4.81. The SMILES string of the molecule is CC(C)(C)C[C@@H]1NCCN([C@@H](CC2CC2)C(=O)N2CCC(CC[NH3+])CC2)C1=O. The van der Waals surface area contributed by atoms with Crippen LogP contribution < -0.4 is 11.1 Å². The van der Waals surface area contributed by atoms with Gasteiger partial charge in [-0.25, -0.2) is 0 Å². The fraction of sp³-hybridized carbons (Fsp3) is 0.909. The lowest BCUT2D eigenvalue weighted by Gasteiger charge is -2.42. The van der Waals surface area contributed by atoms with Crippen molar-refractivity contribution in [1.29, 1.82) is 0 Å². The van der Waals surface area contributed by atoms with Crippen molar-refractivity contribution in [3.8, 4) is 0 Å². The zero-order valence-corrected chi connectivity index (χ0v) is 18.2. The van der Waals surface area contributed by atoms with Gasteiger partial charge in [-0.3, -0.25) is 9.59 Å². The summed E-state index contributed by atoms with van der Waals surface area (Å²) in [4.78, 5) is 30.7. The molecule has 2 aliphatic heterocycles. The van der Waals surface area contributed by atoms with Gasteiger partial charge in [-0.2, -0.15) is 0 Å². The van der Waals surface area contributed by atoms with Crippen LogP contribution in [-0.2, 0) is 9.59 Å². The van der Waals surface area contributed by atoms with Crippen LogP contribution in [0, 0.1) is 17.3 Å². The molecule has 0 aromatic heterocycles. The second-order valence-electron chi connectivity index (χ2n) is 10.4. The Morgan fingerprint density at radius 2 is 1.82 bits per heavy atom. The molecule has 2 amide bonds. The number of quaternary nitrogens is 1. The molecule has 0 unspecified atom stereocenters. The number of likely N-dealkylation sites (tertiary alicyclic amines) is 1. The van der Waals surface area contributed by atoms with Crippen LogP contribution in [-0.4, -0.2) is 66.4 Å². The summed E-state index contributed by atoms with van der Waals surface area (Å²) in [6, 6.07) is -0.417. The number of carbonyl (C=O) groups excluding carboxylic acids is 2. The van der Waals surface area contributed by atoms with E-state index in [9.17, 15) is 9.59 Å². The van der Waals surface area contributed by atoms with Gasteiger partial charge in [0.1, 0.15) is 6.04 Å². The number of piperidine rings is 1. The minimum absolute atomic E-state index is 0.0857. The second kappa shape index (κ2) is 9.12. The molecule has 0 aromatic carbocycles. The van der Waals surface area contributed by atoms with Crippen molar-refractivity contribution in [3.63, 3.8) is 0 Å². The highest BCUT2D eigenvalue weighted by Crippen LogP contribution is 2.36. The summed E-state index contributed by atoms with van der Waals surface area (Å²) in [5.41, 5.74) is 4.06. The molecule has 1 saturated carbocycles. The van der Waals surface area contributed by atoms with Crippen LogP contribution in [0.5, 0.6) is 0 Å². The van der Waals surface area contributed by atoms with E-state index in [0.717, 1.165) is 58.3 Å². The third kappa shape index (κ3) is 5.69. The van der Waals surface area contributed by atoms with Crippen LogP contribution in [0.4, 0.5) is 0 Å². The Labute approximate surface area is 170 Å². The van der Waals surface area contributed by atoms with E-state index in [0.29, 0.717) is 18.4 Å². The van der Waals surface area contributed by atoms with Gasteiger partial charge in [-0.1, -0.05) is 33.6 Å². The maximum Gasteiger partial charge on any atom is 0.245 e. The number of hydrogen-bond acceptors (Lipinski definition) is 3. The lowest BCUT2D eigenvalue weighted by Crippen LogP contribution is -2.62. The van der Waals surface area contributed by atoms with Crippen LogP contribution in [0.1, 0.15) is 65.7 Å². The van der Waals surface area contributed by atoms with Crippen molar-refractivity contribution in [2.75, 3.05) is 32.7 Å². The fourth-order valence-corrected chi connectivity index (χ4v) is 4.81. The summed E-state index contributed by atoms with van der Waals surface area (Å²) < 4.78 is 0. The van der Waals surface area contributed by atoms with E-state index in [-0.39, 0.29) is 29.3 Å². The van der Waals surface area contributed by atoms with Gasteiger partial charge in [0, 0.05) is 26.2 Å². The van der Waals surface area contributed by atoms with Gasteiger partial charge in [0.2, 0.25) is 11.8 Å². The van der Waals surface area contributed by atoms with Crippen LogP contribution >= 0.6 is 0 Å². The summed E-state index contributed by atoms with van der Waals surface area (Å²) in [5, 5.41) is 3.40. The van der Waals surface area contributed by atoms with Crippen molar-refractivity contribution in [2.45, 2.75) is 77.8 Å². The Bertz CT molecular complexity index is 547. The number of amides is 2. The predicted octanol–water partition coefficient (Wildman–Crippen LogP) is 1.26. The molecule has 4 N–H and O–H groups in total. The number of carbonyl (C=O) groups is 2. The molecule has 3 aliphatic rings. The third-order valence-electron chi connectivity index (χ3n) is 6.59. The molecule has 3 fully saturated rings. The lowest BCUT2D eigenvalue weighted by atomic mass is 9.86. The molecule has 0 radical (unpaired) electrons. The van der Waals surface area contributed by atoms with Crippen LogP contribution in [0.3, 0.4) is 0 Å². The summed E-state index contributed by atoms with van der Waals surface area (Å²) in [7, 11) is 0. The average molecular weight is 394 g/mol.